The Morgan fingerprint density at radius 3 is 2.73 bits per heavy atom. The van der Waals surface area contributed by atoms with Gasteiger partial charge in [0.15, 0.2) is 4.34 Å². The molecule has 0 amide bonds. The molecule has 0 bridgehead atoms. The number of nitrogens with zero attached hydrogens (tertiary/aromatic N) is 2. The van der Waals surface area contributed by atoms with Gasteiger partial charge in [-0.3, -0.25) is 0 Å². The lowest BCUT2D eigenvalue weighted by Crippen LogP contribution is -1.83. The molecule has 0 atom stereocenters. The van der Waals surface area contributed by atoms with Crippen LogP contribution in [-0.4, -0.2) is 10.2 Å². The Balaban J connectivity index is 2.27. The molecule has 62 valence electrons. The average molecular weight is 188 g/mol. The Labute approximate surface area is 76.5 Å². The number of aryl methyl sites for hydroxylation is 1. The summed E-state index contributed by atoms with van der Waals surface area (Å²) in [6.45, 7) is 2.20. The van der Waals surface area contributed by atoms with E-state index in [4.69, 9.17) is 0 Å². The van der Waals surface area contributed by atoms with Crippen molar-refractivity contribution in [2.24, 2.45) is 0 Å². The summed E-state index contributed by atoms with van der Waals surface area (Å²) in [7, 11) is 0. The molecule has 0 aromatic carbocycles. The highest BCUT2D eigenvalue weighted by atomic mass is 32.2. The van der Waals surface area contributed by atoms with Crippen LogP contribution in [0.5, 0.6) is 0 Å². The third-order valence-corrected chi connectivity index (χ3v) is 2.60. The van der Waals surface area contributed by atoms with E-state index in [-0.39, 0.29) is 0 Å². The quantitative estimate of drug-likeness (QED) is 0.580. The van der Waals surface area contributed by atoms with Crippen LogP contribution in [0.15, 0.2) is 4.34 Å². The highest BCUT2D eigenvalue weighted by Gasteiger charge is 1.98. The second-order valence-corrected chi connectivity index (χ2v) is 4.22. The van der Waals surface area contributed by atoms with Gasteiger partial charge in [-0.1, -0.05) is 31.1 Å². The molecule has 0 aliphatic rings. The zero-order chi connectivity index (χ0) is 8.10. The van der Waals surface area contributed by atoms with Crippen molar-refractivity contribution < 1.29 is 0 Å². The Morgan fingerprint density at radius 2 is 2.18 bits per heavy atom. The van der Waals surface area contributed by atoms with Crippen molar-refractivity contribution in [3.8, 4) is 0 Å². The molecule has 0 radical (unpaired) electrons. The lowest BCUT2D eigenvalue weighted by atomic mass is 10.2. The number of rotatable bonds is 4. The highest BCUT2D eigenvalue weighted by Crippen LogP contribution is 2.15. The van der Waals surface area contributed by atoms with Gasteiger partial charge in [0.05, 0.1) is 0 Å². The number of hydrogen-bond donors (Lipinski definition) is 1. The zero-order valence-corrected chi connectivity index (χ0v) is 8.29. The Hall–Kier alpha value is -0.0900. The van der Waals surface area contributed by atoms with E-state index in [0.29, 0.717) is 0 Å². The van der Waals surface area contributed by atoms with Gasteiger partial charge in [0.25, 0.3) is 0 Å². The largest absolute Gasteiger partial charge is 0.171 e. The molecule has 0 aliphatic heterocycles. The maximum absolute atomic E-state index is 4.10. The van der Waals surface area contributed by atoms with Crippen molar-refractivity contribution in [3.63, 3.8) is 0 Å². The number of unbranched alkanes of at least 4 members (excludes halogenated alkanes) is 2. The molecule has 0 N–H and O–H groups in total. The standard InChI is InChI=1S/C7H12N2S2/c1-2-3-4-5-6-8-9-7(10)11-6/h2-5H2,1H3,(H,9,10). The summed E-state index contributed by atoms with van der Waals surface area (Å²) in [5.74, 6) is 0. The van der Waals surface area contributed by atoms with E-state index in [1.807, 2.05) is 0 Å². The van der Waals surface area contributed by atoms with E-state index >= 15 is 0 Å². The van der Waals surface area contributed by atoms with Crippen LogP contribution in [0.4, 0.5) is 0 Å². The monoisotopic (exact) mass is 188 g/mol. The van der Waals surface area contributed by atoms with Crippen molar-refractivity contribution in [1.29, 1.82) is 0 Å². The van der Waals surface area contributed by atoms with Crippen LogP contribution in [0.25, 0.3) is 0 Å². The van der Waals surface area contributed by atoms with Crippen LogP contribution >= 0.6 is 24.0 Å². The van der Waals surface area contributed by atoms with Crippen LogP contribution in [0.2, 0.25) is 0 Å². The van der Waals surface area contributed by atoms with Crippen molar-refractivity contribution in [1.82, 2.24) is 10.2 Å². The number of hydrogen-bond acceptors (Lipinski definition) is 4. The molecule has 1 rings (SSSR count). The summed E-state index contributed by atoms with van der Waals surface area (Å²) in [5, 5.41) is 8.92. The molecular weight excluding hydrogens is 176 g/mol. The Bertz CT molecular complexity index is 210. The predicted molar refractivity (Wildman–Crippen MR) is 50.4 cm³/mol. The van der Waals surface area contributed by atoms with Gasteiger partial charge in [0.1, 0.15) is 5.01 Å². The maximum Gasteiger partial charge on any atom is 0.171 e. The topological polar surface area (TPSA) is 25.8 Å². The number of thiol groups is 1. The molecule has 0 fully saturated rings. The smallest absolute Gasteiger partial charge is 0.143 e. The van der Waals surface area contributed by atoms with E-state index in [1.54, 1.807) is 11.3 Å². The van der Waals surface area contributed by atoms with Gasteiger partial charge in [0.2, 0.25) is 0 Å². The second kappa shape index (κ2) is 4.72. The van der Waals surface area contributed by atoms with Gasteiger partial charge >= 0.3 is 0 Å². The molecule has 0 spiro atoms. The van der Waals surface area contributed by atoms with Crippen molar-refractivity contribution in [3.05, 3.63) is 5.01 Å². The summed E-state index contributed by atoms with van der Waals surface area (Å²) in [5.41, 5.74) is 0. The lowest BCUT2D eigenvalue weighted by Gasteiger charge is -1.91. The third-order valence-electron chi connectivity index (χ3n) is 1.45. The van der Waals surface area contributed by atoms with Gasteiger partial charge in [-0.25, -0.2) is 0 Å². The molecule has 0 unspecified atom stereocenters. The summed E-state index contributed by atoms with van der Waals surface area (Å²) in [6, 6.07) is 0. The van der Waals surface area contributed by atoms with Crippen molar-refractivity contribution in [2.75, 3.05) is 0 Å². The van der Waals surface area contributed by atoms with Crippen LogP contribution in [0.3, 0.4) is 0 Å². The van der Waals surface area contributed by atoms with Gasteiger partial charge in [-0.05, 0) is 6.42 Å². The van der Waals surface area contributed by atoms with Crippen LogP contribution in [-0.2, 0) is 6.42 Å². The van der Waals surface area contributed by atoms with E-state index in [0.717, 1.165) is 15.8 Å². The first kappa shape index (κ1) is 9.00. The average Bonchev–Trinajstić information content (AvgIpc) is 2.37. The van der Waals surface area contributed by atoms with E-state index in [1.165, 1.54) is 19.3 Å². The van der Waals surface area contributed by atoms with E-state index < -0.39 is 0 Å². The third kappa shape index (κ3) is 3.20. The minimum Gasteiger partial charge on any atom is -0.143 e. The second-order valence-electron chi connectivity index (χ2n) is 2.44. The summed E-state index contributed by atoms with van der Waals surface area (Å²) >= 11 is 5.68. The zero-order valence-electron chi connectivity index (χ0n) is 6.58. The van der Waals surface area contributed by atoms with Crippen molar-refractivity contribution in [2.45, 2.75) is 36.9 Å². The van der Waals surface area contributed by atoms with E-state index in [2.05, 4.69) is 29.7 Å². The first-order chi connectivity index (χ1) is 5.33. The molecule has 0 saturated carbocycles. The molecule has 4 heteroatoms. The lowest BCUT2D eigenvalue weighted by molar-refractivity contribution is 0.709. The molecular formula is C7H12N2S2. The number of aromatic nitrogens is 2. The van der Waals surface area contributed by atoms with E-state index in [9.17, 15) is 0 Å². The van der Waals surface area contributed by atoms with Crippen molar-refractivity contribution >= 4 is 24.0 Å². The maximum atomic E-state index is 4.10. The van der Waals surface area contributed by atoms with Gasteiger partial charge < -0.3 is 0 Å². The minimum absolute atomic E-state index is 0.775. The molecule has 1 aromatic heterocycles. The minimum atomic E-state index is 0.775. The first-order valence-electron chi connectivity index (χ1n) is 3.84. The fraction of sp³-hybridized carbons (Fsp3) is 0.714. The molecule has 11 heavy (non-hydrogen) atoms. The van der Waals surface area contributed by atoms with Gasteiger partial charge in [0, 0.05) is 6.42 Å². The normalized spacial score (nSPS) is 10.4. The Morgan fingerprint density at radius 1 is 1.36 bits per heavy atom. The SMILES string of the molecule is CCCCCc1nnc(S)s1. The highest BCUT2D eigenvalue weighted by molar-refractivity contribution is 7.82. The molecule has 2 nitrogen and oxygen atoms in total. The first-order valence-corrected chi connectivity index (χ1v) is 5.10. The fourth-order valence-corrected chi connectivity index (χ4v) is 1.85. The fourth-order valence-electron chi connectivity index (χ4n) is 0.872. The molecule has 1 aromatic rings. The Kier molecular flexibility index (Phi) is 3.86. The van der Waals surface area contributed by atoms with Crippen LogP contribution in [0.1, 0.15) is 31.2 Å². The molecule has 1 heterocycles. The predicted octanol–water partition coefficient (Wildman–Crippen LogP) is 2.56. The van der Waals surface area contributed by atoms with Crippen LogP contribution < -0.4 is 0 Å². The van der Waals surface area contributed by atoms with Crippen LogP contribution in [0, 0.1) is 0 Å². The van der Waals surface area contributed by atoms with Gasteiger partial charge in [-0.2, -0.15) is 0 Å². The van der Waals surface area contributed by atoms with Gasteiger partial charge in [-0.15, -0.1) is 22.8 Å². The molecule has 0 saturated heterocycles. The summed E-state index contributed by atoms with van der Waals surface area (Å²) in [4.78, 5) is 0. The summed E-state index contributed by atoms with van der Waals surface area (Å²) < 4.78 is 0.775. The summed E-state index contributed by atoms with van der Waals surface area (Å²) in [6.07, 6.45) is 4.82. The molecule has 0 aliphatic carbocycles.